The van der Waals surface area contributed by atoms with Crippen molar-refractivity contribution < 1.29 is 0 Å². The van der Waals surface area contributed by atoms with E-state index in [2.05, 4.69) is 47.6 Å². The van der Waals surface area contributed by atoms with Gasteiger partial charge in [0.2, 0.25) is 0 Å². The van der Waals surface area contributed by atoms with Gasteiger partial charge in [0.05, 0.1) is 21.7 Å². The molecule has 0 aliphatic rings. The summed E-state index contributed by atoms with van der Waals surface area (Å²) in [7, 11) is 0. The maximum atomic E-state index is 6.23. The van der Waals surface area contributed by atoms with E-state index in [0.717, 1.165) is 14.5 Å². The number of anilines is 2. The van der Waals surface area contributed by atoms with Crippen molar-refractivity contribution in [3.05, 3.63) is 72.2 Å². The minimum atomic E-state index is 0.370. The zero-order chi connectivity index (χ0) is 19.6. The number of nitrogens with zero attached hydrogens (tertiary/aromatic N) is 2. The van der Waals surface area contributed by atoms with Gasteiger partial charge in [-0.2, -0.15) is 5.10 Å². The van der Waals surface area contributed by atoms with Gasteiger partial charge in [0.15, 0.2) is 10.9 Å². The molecule has 0 amide bonds. The van der Waals surface area contributed by atoms with Gasteiger partial charge in [-0.3, -0.25) is 4.68 Å². The largest absolute Gasteiger partial charge is 0.331 e. The normalized spacial score (nSPS) is 10.7. The standard InChI is InChI=1S/C17H11Br2Cl3N4S/c18-10-2-4-15(14(22)5-10)23-17(27)24-16-12(19)8-26(25-16)7-9-1-3-11(20)6-13(9)21/h1-6,8H,7H2,(H2,23,24,25,27). The van der Waals surface area contributed by atoms with Gasteiger partial charge in [-0.1, -0.05) is 56.8 Å². The van der Waals surface area contributed by atoms with Gasteiger partial charge in [0.1, 0.15) is 0 Å². The Labute approximate surface area is 193 Å². The molecule has 1 aromatic heterocycles. The van der Waals surface area contributed by atoms with Gasteiger partial charge < -0.3 is 10.6 Å². The third-order valence-corrected chi connectivity index (χ3v) is 5.65. The van der Waals surface area contributed by atoms with Crippen molar-refractivity contribution in [1.82, 2.24) is 9.78 Å². The van der Waals surface area contributed by atoms with Gasteiger partial charge in [-0.15, -0.1) is 0 Å². The highest BCUT2D eigenvalue weighted by Crippen LogP contribution is 2.27. The third-order valence-electron chi connectivity index (χ3n) is 3.48. The Morgan fingerprint density at radius 1 is 1.04 bits per heavy atom. The Hall–Kier alpha value is -0.830. The third kappa shape index (κ3) is 5.59. The molecule has 0 spiro atoms. The van der Waals surface area contributed by atoms with Gasteiger partial charge in [0, 0.05) is 20.7 Å². The highest BCUT2D eigenvalue weighted by molar-refractivity contribution is 9.10. The summed E-state index contributed by atoms with van der Waals surface area (Å²) in [5.41, 5.74) is 1.60. The zero-order valence-electron chi connectivity index (χ0n) is 13.4. The molecule has 2 aromatic carbocycles. The van der Waals surface area contributed by atoms with E-state index in [9.17, 15) is 0 Å². The van der Waals surface area contributed by atoms with Crippen LogP contribution in [0.15, 0.2) is 51.5 Å². The van der Waals surface area contributed by atoms with E-state index in [1.54, 1.807) is 22.9 Å². The van der Waals surface area contributed by atoms with Gasteiger partial charge in [-0.25, -0.2) is 0 Å². The summed E-state index contributed by atoms with van der Waals surface area (Å²) in [4.78, 5) is 0. The van der Waals surface area contributed by atoms with E-state index in [1.165, 1.54) is 0 Å². The molecule has 0 aliphatic heterocycles. The minimum absolute atomic E-state index is 0.370. The molecule has 0 bridgehead atoms. The van der Waals surface area contributed by atoms with Gasteiger partial charge >= 0.3 is 0 Å². The van der Waals surface area contributed by atoms with E-state index < -0.39 is 0 Å². The predicted octanol–water partition coefficient (Wildman–Crippen LogP) is 7.23. The van der Waals surface area contributed by atoms with Crippen molar-refractivity contribution in [3.8, 4) is 0 Å². The number of hydrogen-bond donors (Lipinski definition) is 2. The number of benzene rings is 2. The lowest BCUT2D eigenvalue weighted by Gasteiger charge is -2.11. The van der Waals surface area contributed by atoms with Crippen molar-refractivity contribution in [3.63, 3.8) is 0 Å². The highest BCUT2D eigenvalue weighted by atomic mass is 79.9. The topological polar surface area (TPSA) is 41.9 Å². The SMILES string of the molecule is S=C(Nc1ccc(Br)cc1Cl)Nc1nn(Cc2ccc(Cl)cc2Cl)cc1Br. The fourth-order valence-corrected chi connectivity index (χ4v) is 4.05. The number of nitrogens with one attached hydrogen (secondary N) is 2. The molecule has 0 saturated heterocycles. The van der Waals surface area contributed by atoms with Crippen LogP contribution in [-0.2, 0) is 6.54 Å². The first-order chi connectivity index (χ1) is 12.8. The lowest BCUT2D eigenvalue weighted by molar-refractivity contribution is 0.690. The molecule has 3 aromatic rings. The fourth-order valence-electron chi connectivity index (χ4n) is 2.24. The van der Waals surface area contributed by atoms with Crippen LogP contribution in [0, 0.1) is 0 Å². The Morgan fingerprint density at radius 3 is 2.52 bits per heavy atom. The molecule has 0 radical (unpaired) electrons. The molecule has 0 unspecified atom stereocenters. The summed E-state index contributed by atoms with van der Waals surface area (Å²) in [6.07, 6.45) is 1.84. The maximum Gasteiger partial charge on any atom is 0.176 e. The molecule has 1 heterocycles. The first kappa shape index (κ1) is 20.9. The maximum absolute atomic E-state index is 6.23. The second-order valence-corrected chi connectivity index (χ2v) is 8.89. The quantitative estimate of drug-likeness (QED) is 0.326. The molecule has 0 saturated carbocycles. The van der Waals surface area contributed by atoms with Crippen molar-refractivity contribution in [2.75, 3.05) is 10.6 Å². The molecular weight excluding hydrogens is 558 g/mol. The summed E-state index contributed by atoms with van der Waals surface area (Å²) < 4.78 is 3.40. The van der Waals surface area contributed by atoms with Crippen molar-refractivity contribution in [2.24, 2.45) is 0 Å². The second-order valence-electron chi connectivity index (χ2n) is 5.46. The molecule has 2 N–H and O–H groups in total. The molecule has 0 aliphatic carbocycles. The van der Waals surface area contributed by atoms with Crippen LogP contribution in [0.5, 0.6) is 0 Å². The Kier molecular flexibility index (Phi) is 7.05. The van der Waals surface area contributed by atoms with Gasteiger partial charge in [-0.05, 0) is 64.0 Å². The average Bonchev–Trinajstić information content (AvgIpc) is 2.92. The fraction of sp³-hybridized carbons (Fsp3) is 0.0588. The van der Waals surface area contributed by atoms with E-state index in [4.69, 9.17) is 47.0 Å². The van der Waals surface area contributed by atoms with E-state index in [1.807, 2.05) is 24.4 Å². The Morgan fingerprint density at radius 2 is 1.81 bits per heavy atom. The Balaban J connectivity index is 1.69. The summed E-state index contributed by atoms with van der Waals surface area (Å²) in [5.74, 6) is 0.575. The monoisotopic (exact) mass is 566 g/mol. The van der Waals surface area contributed by atoms with Crippen LogP contribution in [0.2, 0.25) is 15.1 Å². The number of rotatable bonds is 4. The van der Waals surface area contributed by atoms with Crippen LogP contribution < -0.4 is 10.6 Å². The molecule has 10 heteroatoms. The number of thiocarbonyl (C=S) groups is 1. The van der Waals surface area contributed by atoms with Crippen LogP contribution in [-0.4, -0.2) is 14.9 Å². The number of aromatic nitrogens is 2. The molecular formula is C17H11Br2Cl3N4S. The second kappa shape index (κ2) is 9.11. The summed E-state index contributed by atoms with van der Waals surface area (Å²) in [6, 6.07) is 10.9. The van der Waals surface area contributed by atoms with Crippen LogP contribution in [0.3, 0.4) is 0 Å². The first-order valence-corrected chi connectivity index (χ1v) is 10.6. The van der Waals surface area contributed by atoms with Crippen molar-refractivity contribution >= 4 is 95.5 Å². The van der Waals surface area contributed by atoms with Gasteiger partial charge in [0.25, 0.3) is 0 Å². The Bertz CT molecular complexity index is 1010. The minimum Gasteiger partial charge on any atom is -0.331 e. The summed E-state index contributed by atoms with van der Waals surface area (Å²) in [5, 5.41) is 12.7. The molecule has 0 fully saturated rings. The van der Waals surface area contributed by atoms with Crippen LogP contribution in [0.4, 0.5) is 11.5 Å². The lowest BCUT2D eigenvalue weighted by Crippen LogP contribution is -2.20. The summed E-state index contributed by atoms with van der Waals surface area (Å²) in [6.45, 7) is 0.495. The van der Waals surface area contributed by atoms with Crippen molar-refractivity contribution in [2.45, 2.75) is 6.54 Å². The van der Waals surface area contributed by atoms with Crippen LogP contribution in [0.1, 0.15) is 5.56 Å². The van der Waals surface area contributed by atoms with Crippen LogP contribution in [0.25, 0.3) is 0 Å². The molecule has 4 nitrogen and oxygen atoms in total. The van der Waals surface area contributed by atoms with E-state index in [0.29, 0.717) is 38.2 Å². The van der Waals surface area contributed by atoms with E-state index in [-0.39, 0.29) is 0 Å². The molecule has 0 atom stereocenters. The molecule has 140 valence electrons. The van der Waals surface area contributed by atoms with Crippen molar-refractivity contribution in [1.29, 1.82) is 0 Å². The first-order valence-electron chi connectivity index (χ1n) is 7.52. The smallest absolute Gasteiger partial charge is 0.176 e. The van der Waals surface area contributed by atoms with E-state index >= 15 is 0 Å². The molecule has 3 rings (SSSR count). The lowest BCUT2D eigenvalue weighted by atomic mass is 10.2. The van der Waals surface area contributed by atoms with Crippen LogP contribution >= 0.6 is 78.9 Å². The number of halogens is 5. The zero-order valence-corrected chi connectivity index (χ0v) is 19.7. The number of hydrogen-bond acceptors (Lipinski definition) is 2. The average molecular weight is 570 g/mol. The summed E-state index contributed by atoms with van der Waals surface area (Å²) >= 11 is 30.6. The molecule has 27 heavy (non-hydrogen) atoms. The predicted molar refractivity (Wildman–Crippen MR) is 124 cm³/mol. The highest BCUT2D eigenvalue weighted by Gasteiger charge is 2.11.